The van der Waals surface area contributed by atoms with Crippen LogP contribution in [0.15, 0.2) is 108 Å². The van der Waals surface area contributed by atoms with Gasteiger partial charge in [0.05, 0.1) is 23.8 Å². The van der Waals surface area contributed by atoms with Crippen molar-refractivity contribution in [1.82, 2.24) is 0 Å². The second-order valence-electron chi connectivity index (χ2n) is 14.8. The summed E-state index contributed by atoms with van der Waals surface area (Å²) in [7, 11) is 0. The van der Waals surface area contributed by atoms with E-state index >= 15 is 0 Å². The number of aromatic hydroxyl groups is 1. The number of phenols is 1. The number of carbonyl (C=O) groups excluding carboxylic acids is 4. The molecule has 0 saturated carbocycles. The lowest BCUT2D eigenvalue weighted by molar-refractivity contribution is -0.255. The minimum absolute atomic E-state index is 0.0592. The van der Waals surface area contributed by atoms with Gasteiger partial charge >= 0.3 is 23.9 Å². The maximum Gasteiger partial charge on any atom is 0.303 e. The normalized spacial score (nSPS) is 24.6. The number of ether oxygens (including phenoxy) is 7. The van der Waals surface area contributed by atoms with Crippen LogP contribution in [-0.4, -0.2) is 88.1 Å². The van der Waals surface area contributed by atoms with Gasteiger partial charge in [-0.25, -0.2) is 0 Å². The van der Waals surface area contributed by atoms with Crippen molar-refractivity contribution in [3.63, 3.8) is 0 Å². The lowest BCUT2D eigenvalue weighted by atomic mass is 9.84. The SMILES string of the molecule is CC(=O)OC[C@H]1O[C@@H](CC(=S)Nc2cccc(C3O[C@H](CSc4ccc(O)cc4)[C@@H](c4ccccc4)[C@H](c4ccc(CO)cc4)O3)c2)[C@H](OC(C)=O)[C@@H](OC(C)=O)[C@@H]1OC(C)=O. The number of hydrogen-bond donors (Lipinski definition) is 3. The predicted molar refractivity (Wildman–Crippen MR) is 231 cm³/mol. The van der Waals surface area contributed by atoms with Crippen LogP contribution in [0.25, 0.3) is 0 Å². The molecule has 62 heavy (non-hydrogen) atoms. The summed E-state index contributed by atoms with van der Waals surface area (Å²) in [5.74, 6) is -2.30. The lowest BCUT2D eigenvalue weighted by Gasteiger charge is -2.44. The average Bonchev–Trinajstić information content (AvgIpc) is 3.24. The summed E-state index contributed by atoms with van der Waals surface area (Å²) in [5.41, 5.74) is 3.97. The lowest BCUT2D eigenvalue weighted by Crippen LogP contribution is -2.62. The van der Waals surface area contributed by atoms with Crippen molar-refractivity contribution >= 4 is 58.5 Å². The van der Waals surface area contributed by atoms with E-state index in [0.29, 0.717) is 17.0 Å². The van der Waals surface area contributed by atoms with E-state index in [9.17, 15) is 29.4 Å². The molecule has 0 bridgehead atoms. The van der Waals surface area contributed by atoms with Gasteiger partial charge in [-0.1, -0.05) is 78.9 Å². The van der Waals surface area contributed by atoms with Gasteiger partial charge in [-0.15, -0.1) is 11.8 Å². The highest BCUT2D eigenvalue weighted by molar-refractivity contribution is 7.99. The number of aliphatic hydroxyl groups excluding tert-OH is 1. The third-order valence-corrected chi connectivity index (χ3v) is 11.5. The number of esters is 4. The van der Waals surface area contributed by atoms with Gasteiger partial charge in [0.2, 0.25) is 0 Å². The minimum atomic E-state index is -1.32. The van der Waals surface area contributed by atoms with Gasteiger partial charge in [-0.05, 0) is 53.1 Å². The van der Waals surface area contributed by atoms with Gasteiger partial charge in [0.15, 0.2) is 24.6 Å². The number of thioether (sulfide) groups is 1. The van der Waals surface area contributed by atoms with E-state index in [1.807, 2.05) is 78.9 Å². The van der Waals surface area contributed by atoms with E-state index in [2.05, 4.69) is 17.4 Å². The highest BCUT2D eigenvalue weighted by Crippen LogP contribution is 2.48. The van der Waals surface area contributed by atoms with Crippen LogP contribution in [-0.2, 0) is 58.9 Å². The van der Waals surface area contributed by atoms with Crippen molar-refractivity contribution in [3.8, 4) is 5.75 Å². The van der Waals surface area contributed by atoms with Gasteiger partial charge in [-0.3, -0.25) is 19.2 Å². The van der Waals surface area contributed by atoms with Gasteiger partial charge < -0.3 is 48.7 Å². The second-order valence-corrected chi connectivity index (χ2v) is 16.4. The smallest absolute Gasteiger partial charge is 0.303 e. The molecule has 2 fully saturated rings. The third-order valence-electron chi connectivity index (χ3n) is 10.1. The van der Waals surface area contributed by atoms with E-state index in [4.69, 9.17) is 45.4 Å². The van der Waals surface area contributed by atoms with Crippen molar-refractivity contribution < 1.29 is 62.5 Å². The van der Waals surface area contributed by atoms with Crippen molar-refractivity contribution in [1.29, 1.82) is 0 Å². The average molecular weight is 888 g/mol. The van der Waals surface area contributed by atoms with E-state index in [-0.39, 0.29) is 42.4 Å². The predicted octanol–water partition coefficient (Wildman–Crippen LogP) is 6.87. The first-order valence-corrected chi connectivity index (χ1v) is 21.3. The van der Waals surface area contributed by atoms with Crippen LogP contribution in [0, 0.1) is 0 Å². The van der Waals surface area contributed by atoms with Crippen molar-refractivity contribution in [3.05, 3.63) is 125 Å². The first-order chi connectivity index (χ1) is 29.8. The Morgan fingerprint density at radius 1 is 0.677 bits per heavy atom. The van der Waals surface area contributed by atoms with Gasteiger partial charge in [0, 0.05) is 61.9 Å². The molecule has 2 heterocycles. The quantitative estimate of drug-likeness (QED) is 0.0486. The van der Waals surface area contributed by atoms with E-state index in [1.54, 1.807) is 23.9 Å². The Kier molecular flexibility index (Phi) is 16.1. The monoisotopic (exact) mass is 887 g/mol. The summed E-state index contributed by atoms with van der Waals surface area (Å²) in [6, 6.07) is 32.1. The van der Waals surface area contributed by atoms with Gasteiger partial charge in [0.1, 0.15) is 24.6 Å². The molecule has 3 N–H and O–H groups in total. The zero-order valence-electron chi connectivity index (χ0n) is 34.5. The standard InChI is InChI=1S/C46H49NO13S2/c1-26(49)54-24-38-44(56-28(3)51)45(57-29(4)52)43(55-27(2)50)37(58-38)22-40(61)47-34-12-8-11-33(21-34)46-59-39(25-62-36-19-17-35(53)18-20-36)41(31-9-6-5-7-10-31)42(60-46)32-15-13-30(23-48)14-16-32/h5-21,37-39,41-46,48,53H,22-25H2,1-4H3,(H,47,61)/t37-,38+,39+,41+,42-,43-,44+,45+,46?/m0/s1. The third kappa shape index (κ3) is 12.4. The number of benzene rings is 4. The van der Waals surface area contributed by atoms with Crippen LogP contribution in [0.1, 0.15) is 74.7 Å². The Labute approximate surface area is 369 Å². The molecular weight excluding hydrogens is 839 g/mol. The molecule has 0 spiro atoms. The van der Waals surface area contributed by atoms with Crippen molar-refractivity contribution in [2.24, 2.45) is 0 Å². The molecule has 0 radical (unpaired) electrons. The highest BCUT2D eigenvalue weighted by atomic mass is 32.2. The molecular formula is C46H49NO13S2. The fourth-order valence-electron chi connectivity index (χ4n) is 7.51. The number of nitrogens with one attached hydrogen (secondary N) is 1. The molecule has 6 rings (SSSR count). The van der Waals surface area contributed by atoms with Crippen molar-refractivity contribution in [2.75, 3.05) is 17.7 Å². The van der Waals surface area contributed by atoms with Crippen molar-refractivity contribution in [2.45, 2.75) is 101 Å². The molecule has 0 aliphatic carbocycles. The Balaban J connectivity index is 1.27. The summed E-state index contributed by atoms with van der Waals surface area (Å²) >= 11 is 7.43. The zero-order chi connectivity index (χ0) is 44.3. The molecule has 2 aliphatic heterocycles. The van der Waals surface area contributed by atoms with E-state index in [1.165, 1.54) is 13.8 Å². The molecule has 4 aromatic rings. The molecule has 14 nitrogen and oxygen atoms in total. The first-order valence-electron chi connectivity index (χ1n) is 20.0. The van der Waals surface area contributed by atoms with Gasteiger partial charge in [-0.2, -0.15) is 0 Å². The van der Waals surface area contributed by atoms with Crippen LogP contribution in [0.3, 0.4) is 0 Å². The number of phenolic OH excluding ortho intramolecular Hbond substituents is 1. The summed E-state index contributed by atoms with van der Waals surface area (Å²) in [6.07, 6.45) is -7.74. The Morgan fingerprint density at radius 2 is 1.31 bits per heavy atom. The molecule has 2 aliphatic rings. The molecule has 16 heteroatoms. The zero-order valence-corrected chi connectivity index (χ0v) is 36.2. The maximum atomic E-state index is 12.4. The van der Waals surface area contributed by atoms with Crippen LogP contribution in [0.2, 0.25) is 0 Å². The first kappa shape index (κ1) is 46.2. The highest BCUT2D eigenvalue weighted by Gasteiger charge is 2.52. The molecule has 2 saturated heterocycles. The Hall–Kier alpha value is -5.36. The number of carbonyl (C=O) groups is 4. The molecule has 0 amide bonds. The van der Waals surface area contributed by atoms with E-state index < -0.39 is 66.8 Å². The molecule has 328 valence electrons. The number of thiocarbonyl (C=S) groups is 1. The van der Waals surface area contributed by atoms with Crippen LogP contribution < -0.4 is 5.32 Å². The summed E-state index contributed by atoms with van der Waals surface area (Å²) in [5, 5.41) is 22.9. The number of aliphatic hydroxyl groups is 1. The van der Waals surface area contributed by atoms with Crippen LogP contribution in [0.5, 0.6) is 5.75 Å². The Morgan fingerprint density at radius 3 is 1.94 bits per heavy atom. The fraction of sp³-hybridized carbons (Fsp3) is 0.370. The van der Waals surface area contributed by atoms with Crippen LogP contribution >= 0.6 is 24.0 Å². The van der Waals surface area contributed by atoms with E-state index in [0.717, 1.165) is 35.4 Å². The molecule has 1 unspecified atom stereocenters. The summed E-state index contributed by atoms with van der Waals surface area (Å²) in [6.45, 7) is 4.25. The number of rotatable bonds is 15. The summed E-state index contributed by atoms with van der Waals surface area (Å²) in [4.78, 5) is 49.9. The molecule has 0 aromatic heterocycles. The fourth-order valence-corrected chi connectivity index (χ4v) is 8.77. The molecule has 9 atom stereocenters. The van der Waals surface area contributed by atoms with Crippen LogP contribution in [0.4, 0.5) is 5.69 Å². The minimum Gasteiger partial charge on any atom is -0.508 e. The second kappa shape index (κ2) is 21.6. The summed E-state index contributed by atoms with van der Waals surface area (Å²) < 4.78 is 42.0. The number of hydrogen-bond acceptors (Lipinski definition) is 15. The largest absolute Gasteiger partial charge is 0.508 e. The van der Waals surface area contributed by atoms with Gasteiger partial charge in [0.25, 0.3) is 0 Å². The topological polar surface area (TPSA) is 185 Å². The number of anilines is 1. The maximum absolute atomic E-state index is 12.4. The Bertz CT molecular complexity index is 2170. The molecule has 4 aromatic carbocycles.